The lowest BCUT2D eigenvalue weighted by atomic mass is 10.2. The quantitative estimate of drug-likeness (QED) is 0.354. The van der Waals surface area contributed by atoms with Gasteiger partial charge in [0.1, 0.15) is 6.61 Å². The van der Waals surface area contributed by atoms with Gasteiger partial charge in [-0.2, -0.15) is 10.1 Å². The molecule has 0 radical (unpaired) electrons. The maximum Gasteiger partial charge on any atom is 0.245 e. The molecule has 0 unspecified atom stereocenters. The van der Waals surface area contributed by atoms with E-state index in [0.717, 1.165) is 21.8 Å². The Balaban J connectivity index is 1.44. The van der Waals surface area contributed by atoms with Gasteiger partial charge in [-0.3, -0.25) is 0 Å². The first-order chi connectivity index (χ1) is 16.1. The lowest BCUT2D eigenvalue weighted by Crippen LogP contribution is -2.37. The molecule has 0 bridgehead atoms. The van der Waals surface area contributed by atoms with Crippen LogP contribution < -0.4 is 19.8 Å². The number of nitrogens with one attached hydrogen (secondary N) is 1. The third kappa shape index (κ3) is 5.96. The summed E-state index contributed by atoms with van der Waals surface area (Å²) in [7, 11) is 1.58. The zero-order chi connectivity index (χ0) is 23.0. The molecule has 8 nitrogen and oxygen atoms in total. The molecule has 0 spiro atoms. The second kappa shape index (κ2) is 11.1. The van der Waals surface area contributed by atoms with Crippen molar-refractivity contribution < 1.29 is 18.6 Å². The number of morpholine rings is 1. The molecule has 1 N–H and O–H groups in total. The van der Waals surface area contributed by atoms with Crippen LogP contribution in [0.2, 0.25) is 0 Å². The monoisotopic (exact) mass is 515 g/mol. The van der Waals surface area contributed by atoms with Crippen molar-refractivity contribution in [3.63, 3.8) is 0 Å². The predicted molar refractivity (Wildman–Crippen MR) is 128 cm³/mol. The summed E-state index contributed by atoms with van der Waals surface area (Å²) >= 11 is 3.54. The Labute approximate surface area is 199 Å². The minimum absolute atomic E-state index is 0.197. The van der Waals surface area contributed by atoms with Gasteiger partial charge in [0, 0.05) is 13.1 Å². The number of halogens is 2. The van der Waals surface area contributed by atoms with Crippen molar-refractivity contribution in [1.29, 1.82) is 0 Å². The molecule has 1 fully saturated rings. The molecule has 0 saturated carbocycles. The topological polar surface area (TPSA) is 81.1 Å². The van der Waals surface area contributed by atoms with Crippen LogP contribution in [0.25, 0.3) is 0 Å². The largest absolute Gasteiger partial charge is 0.493 e. The number of anilines is 2. The summed E-state index contributed by atoms with van der Waals surface area (Å²) in [6.45, 7) is 2.63. The second-order valence-electron chi connectivity index (χ2n) is 7.14. The van der Waals surface area contributed by atoms with Crippen molar-refractivity contribution >= 4 is 33.9 Å². The molecule has 2 aromatic carbocycles. The number of ether oxygens (including phenoxy) is 3. The van der Waals surface area contributed by atoms with Gasteiger partial charge in [-0.15, -0.1) is 0 Å². The summed E-state index contributed by atoms with van der Waals surface area (Å²) in [6.07, 6.45) is 2.73. The molecule has 1 aromatic heterocycles. The fraction of sp³-hybridized carbons (Fsp3) is 0.261. The molecule has 33 heavy (non-hydrogen) atoms. The van der Waals surface area contributed by atoms with Crippen LogP contribution >= 0.6 is 15.9 Å². The van der Waals surface area contributed by atoms with Crippen LogP contribution in [-0.4, -0.2) is 49.6 Å². The Morgan fingerprint density at radius 2 is 2.03 bits per heavy atom. The number of benzene rings is 2. The van der Waals surface area contributed by atoms with Crippen molar-refractivity contribution in [3.8, 4) is 11.5 Å². The Morgan fingerprint density at radius 1 is 1.24 bits per heavy atom. The van der Waals surface area contributed by atoms with Crippen LogP contribution in [0.15, 0.2) is 58.2 Å². The maximum atomic E-state index is 14.2. The predicted octanol–water partition coefficient (Wildman–Crippen LogP) is 4.25. The summed E-state index contributed by atoms with van der Waals surface area (Å²) < 4.78 is 31.7. The van der Waals surface area contributed by atoms with Gasteiger partial charge in [0.15, 0.2) is 23.1 Å². The Kier molecular flexibility index (Phi) is 7.69. The van der Waals surface area contributed by atoms with Crippen molar-refractivity contribution in [2.45, 2.75) is 6.61 Å². The average Bonchev–Trinajstić information content (AvgIpc) is 2.85. The smallest absolute Gasteiger partial charge is 0.245 e. The molecule has 172 valence electrons. The zero-order valence-electron chi connectivity index (χ0n) is 18.0. The number of aromatic nitrogens is 2. The maximum absolute atomic E-state index is 14.2. The van der Waals surface area contributed by atoms with Gasteiger partial charge in [0.25, 0.3) is 0 Å². The standard InChI is InChI=1S/C23H23BrFN5O3/c1-31-20-12-17(11-18(24)21(20)33-15-16-5-3-2-4-6-16)13-27-29-23-26-14-19(25)22(28-23)30-7-9-32-10-8-30/h2-6,11-14H,7-10,15H2,1H3,(H,26,28,29)/b27-13-. The van der Waals surface area contributed by atoms with Gasteiger partial charge in [0.2, 0.25) is 5.95 Å². The summed E-state index contributed by atoms with van der Waals surface area (Å²) in [6, 6.07) is 13.5. The van der Waals surface area contributed by atoms with E-state index in [1.807, 2.05) is 41.3 Å². The van der Waals surface area contributed by atoms with E-state index in [9.17, 15) is 4.39 Å². The Hall–Kier alpha value is -3.24. The molecular formula is C23H23BrFN5O3. The molecule has 4 rings (SSSR count). The third-order valence-electron chi connectivity index (χ3n) is 4.89. The minimum Gasteiger partial charge on any atom is -0.493 e. The normalized spacial score (nSPS) is 13.8. The summed E-state index contributed by atoms with van der Waals surface area (Å²) in [4.78, 5) is 10.0. The van der Waals surface area contributed by atoms with Crippen LogP contribution in [-0.2, 0) is 11.3 Å². The van der Waals surface area contributed by atoms with Crippen LogP contribution in [0.5, 0.6) is 11.5 Å². The van der Waals surface area contributed by atoms with Gasteiger partial charge >= 0.3 is 0 Å². The molecule has 10 heteroatoms. The van der Waals surface area contributed by atoms with Crippen molar-refractivity contribution in [3.05, 3.63) is 70.1 Å². The summed E-state index contributed by atoms with van der Waals surface area (Å²) in [5, 5.41) is 4.18. The van der Waals surface area contributed by atoms with Gasteiger partial charge in [-0.05, 0) is 39.2 Å². The SMILES string of the molecule is COc1cc(/C=N\Nc2ncc(F)c(N3CCOCC3)n2)cc(Br)c1OCc1ccccc1. The second-order valence-corrected chi connectivity index (χ2v) is 8.00. The van der Waals surface area contributed by atoms with Crippen molar-refractivity contribution in [2.75, 3.05) is 43.7 Å². The lowest BCUT2D eigenvalue weighted by Gasteiger charge is -2.27. The lowest BCUT2D eigenvalue weighted by molar-refractivity contribution is 0.122. The number of rotatable bonds is 8. The molecule has 0 aliphatic carbocycles. The fourth-order valence-corrected chi connectivity index (χ4v) is 3.83. The summed E-state index contributed by atoms with van der Waals surface area (Å²) in [5.74, 6) is 1.11. The van der Waals surface area contributed by atoms with E-state index < -0.39 is 5.82 Å². The van der Waals surface area contributed by atoms with Gasteiger partial charge in [-0.25, -0.2) is 14.8 Å². The first-order valence-electron chi connectivity index (χ1n) is 10.3. The highest BCUT2D eigenvalue weighted by Crippen LogP contribution is 2.36. The molecule has 1 aliphatic rings. The van der Waals surface area contributed by atoms with E-state index in [4.69, 9.17) is 14.2 Å². The molecule has 0 atom stereocenters. The summed E-state index contributed by atoms with van der Waals surface area (Å²) in [5.41, 5.74) is 4.56. The minimum atomic E-state index is -0.480. The molecule has 1 saturated heterocycles. The third-order valence-corrected chi connectivity index (χ3v) is 5.48. The first-order valence-corrected chi connectivity index (χ1v) is 11.1. The Bertz CT molecular complexity index is 1110. The highest BCUT2D eigenvalue weighted by atomic mass is 79.9. The van der Waals surface area contributed by atoms with E-state index in [2.05, 4.69) is 36.4 Å². The van der Waals surface area contributed by atoms with Gasteiger partial charge < -0.3 is 19.1 Å². The van der Waals surface area contributed by atoms with Crippen LogP contribution in [0.3, 0.4) is 0 Å². The van der Waals surface area contributed by atoms with Crippen LogP contribution in [0.4, 0.5) is 16.2 Å². The molecule has 2 heterocycles. The fourth-order valence-electron chi connectivity index (χ4n) is 3.26. The van der Waals surface area contributed by atoms with Gasteiger partial charge in [0.05, 0.1) is 37.2 Å². The number of hydrogen-bond acceptors (Lipinski definition) is 8. The molecule has 3 aromatic rings. The van der Waals surface area contributed by atoms with E-state index in [1.54, 1.807) is 19.4 Å². The number of hydrazone groups is 1. The van der Waals surface area contributed by atoms with Crippen molar-refractivity contribution in [2.24, 2.45) is 5.10 Å². The molecular weight excluding hydrogens is 493 g/mol. The number of nitrogens with zero attached hydrogens (tertiary/aromatic N) is 4. The molecule has 1 aliphatic heterocycles. The van der Waals surface area contributed by atoms with E-state index in [0.29, 0.717) is 44.4 Å². The molecule has 0 amide bonds. The average molecular weight is 516 g/mol. The first kappa shape index (κ1) is 22.9. The number of hydrogen-bond donors (Lipinski definition) is 1. The Morgan fingerprint density at radius 3 is 2.79 bits per heavy atom. The van der Waals surface area contributed by atoms with Crippen LogP contribution in [0, 0.1) is 5.82 Å². The van der Waals surface area contributed by atoms with E-state index in [1.165, 1.54) is 0 Å². The number of methoxy groups -OCH3 is 1. The highest BCUT2D eigenvalue weighted by molar-refractivity contribution is 9.10. The highest BCUT2D eigenvalue weighted by Gasteiger charge is 2.18. The van der Waals surface area contributed by atoms with Gasteiger partial charge in [-0.1, -0.05) is 30.3 Å². The van der Waals surface area contributed by atoms with E-state index in [-0.39, 0.29) is 11.8 Å². The zero-order valence-corrected chi connectivity index (χ0v) is 19.6. The van der Waals surface area contributed by atoms with Crippen LogP contribution in [0.1, 0.15) is 11.1 Å². The van der Waals surface area contributed by atoms with E-state index >= 15 is 0 Å². The van der Waals surface area contributed by atoms with Crippen molar-refractivity contribution in [1.82, 2.24) is 9.97 Å².